The van der Waals surface area contributed by atoms with Gasteiger partial charge in [-0.2, -0.15) is 0 Å². The summed E-state index contributed by atoms with van der Waals surface area (Å²) in [4.78, 5) is 19.8. The summed E-state index contributed by atoms with van der Waals surface area (Å²) in [6, 6.07) is 12.1. The molecular formula is C21H24N4O2. The lowest BCUT2D eigenvalue weighted by atomic mass is 10.1. The monoisotopic (exact) mass is 364 g/mol. The number of fused-ring (bicyclic) bond motifs is 1. The molecule has 0 bridgehead atoms. The van der Waals surface area contributed by atoms with Gasteiger partial charge in [0, 0.05) is 31.2 Å². The molecule has 2 N–H and O–H groups in total. The number of hydrogen-bond donors (Lipinski definition) is 1. The van der Waals surface area contributed by atoms with Crippen LogP contribution < -0.4 is 5.73 Å². The third kappa shape index (κ3) is 3.71. The zero-order valence-corrected chi connectivity index (χ0v) is 15.5. The van der Waals surface area contributed by atoms with Crippen molar-refractivity contribution >= 4 is 17.0 Å². The molecule has 0 aliphatic heterocycles. The van der Waals surface area contributed by atoms with E-state index in [0.717, 1.165) is 25.0 Å². The number of amides is 1. The van der Waals surface area contributed by atoms with E-state index in [1.165, 1.54) is 5.56 Å². The van der Waals surface area contributed by atoms with Crippen LogP contribution in [0.2, 0.25) is 0 Å². The standard InChI is InChI=1S/C21H24N4O2/c1-14-19-17(13-18(16-7-8-16)23-20(19)27-24-14)21(26)25(12-10-22)11-9-15-5-3-2-4-6-15/h2-6,13,16H,7-12,22H2,1H3. The van der Waals surface area contributed by atoms with Crippen LogP contribution in [0.1, 0.15) is 46.1 Å². The Labute approximate surface area is 158 Å². The van der Waals surface area contributed by atoms with Gasteiger partial charge < -0.3 is 15.2 Å². The van der Waals surface area contributed by atoms with Crippen molar-refractivity contribution in [3.05, 3.63) is 58.9 Å². The Morgan fingerprint density at radius 2 is 2.04 bits per heavy atom. The molecular weight excluding hydrogens is 340 g/mol. The van der Waals surface area contributed by atoms with Crippen LogP contribution >= 0.6 is 0 Å². The van der Waals surface area contributed by atoms with E-state index >= 15 is 0 Å². The van der Waals surface area contributed by atoms with Crippen molar-refractivity contribution < 1.29 is 9.32 Å². The molecule has 2 heterocycles. The van der Waals surface area contributed by atoms with Crippen molar-refractivity contribution in [2.45, 2.75) is 32.1 Å². The predicted octanol–water partition coefficient (Wildman–Crippen LogP) is 3.05. The number of aromatic nitrogens is 2. The van der Waals surface area contributed by atoms with Gasteiger partial charge in [0.1, 0.15) is 0 Å². The first kappa shape index (κ1) is 17.7. The molecule has 1 fully saturated rings. The molecule has 4 rings (SSSR count). The summed E-state index contributed by atoms with van der Waals surface area (Å²) in [5.41, 5.74) is 9.69. The number of nitrogens with zero attached hydrogens (tertiary/aromatic N) is 3. The molecule has 1 saturated carbocycles. The number of aryl methyl sites for hydroxylation is 1. The first-order valence-corrected chi connectivity index (χ1v) is 9.47. The average Bonchev–Trinajstić information content (AvgIpc) is 3.48. The Bertz CT molecular complexity index is 947. The van der Waals surface area contributed by atoms with Crippen molar-refractivity contribution in [3.8, 4) is 0 Å². The second-order valence-corrected chi connectivity index (χ2v) is 7.13. The van der Waals surface area contributed by atoms with Crippen LogP contribution in [0.15, 0.2) is 40.9 Å². The maximum absolute atomic E-state index is 13.4. The van der Waals surface area contributed by atoms with Crippen molar-refractivity contribution in [1.82, 2.24) is 15.0 Å². The fraction of sp³-hybridized carbons (Fsp3) is 0.381. The maximum Gasteiger partial charge on any atom is 0.259 e. The summed E-state index contributed by atoms with van der Waals surface area (Å²) >= 11 is 0. The lowest BCUT2D eigenvalue weighted by molar-refractivity contribution is 0.0764. The average molecular weight is 364 g/mol. The molecule has 1 aliphatic rings. The molecule has 1 amide bonds. The van der Waals surface area contributed by atoms with Gasteiger partial charge >= 0.3 is 0 Å². The summed E-state index contributed by atoms with van der Waals surface area (Å²) < 4.78 is 5.37. The van der Waals surface area contributed by atoms with Gasteiger partial charge in [-0.1, -0.05) is 35.5 Å². The molecule has 6 heteroatoms. The van der Waals surface area contributed by atoms with Crippen LogP contribution in [-0.4, -0.2) is 40.6 Å². The molecule has 1 aromatic carbocycles. The molecule has 2 aromatic heterocycles. The first-order chi connectivity index (χ1) is 13.2. The van der Waals surface area contributed by atoms with E-state index in [1.54, 1.807) is 0 Å². The Hall–Kier alpha value is -2.73. The number of rotatable bonds is 7. The topological polar surface area (TPSA) is 85.2 Å². The largest absolute Gasteiger partial charge is 0.337 e. The highest BCUT2D eigenvalue weighted by atomic mass is 16.5. The molecule has 6 nitrogen and oxygen atoms in total. The fourth-order valence-corrected chi connectivity index (χ4v) is 3.42. The number of carbonyl (C=O) groups excluding carboxylic acids is 1. The Balaban J connectivity index is 1.65. The number of benzene rings is 1. The van der Waals surface area contributed by atoms with Crippen LogP contribution in [0.25, 0.3) is 11.1 Å². The number of nitrogens with two attached hydrogens (primary N) is 1. The molecule has 0 saturated heterocycles. The van der Waals surface area contributed by atoms with Gasteiger partial charge in [-0.3, -0.25) is 4.79 Å². The minimum Gasteiger partial charge on any atom is -0.337 e. The normalized spacial score (nSPS) is 13.9. The lowest BCUT2D eigenvalue weighted by Crippen LogP contribution is -2.37. The molecule has 3 aromatic rings. The van der Waals surface area contributed by atoms with E-state index < -0.39 is 0 Å². The van der Waals surface area contributed by atoms with E-state index in [2.05, 4.69) is 22.3 Å². The van der Waals surface area contributed by atoms with Gasteiger partial charge in [0.15, 0.2) is 0 Å². The fourth-order valence-electron chi connectivity index (χ4n) is 3.42. The quantitative estimate of drug-likeness (QED) is 0.696. The minimum atomic E-state index is -0.0306. The summed E-state index contributed by atoms with van der Waals surface area (Å²) in [6.07, 6.45) is 3.01. The Kier molecular flexibility index (Phi) is 4.90. The minimum absolute atomic E-state index is 0.0306. The third-order valence-electron chi connectivity index (χ3n) is 5.06. The Morgan fingerprint density at radius 1 is 1.26 bits per heavy atom. The summed E-state index contributed by atoms with van der Waals surface area (Å²) in [5.74, 6) is 0.399. The maximum atomic E-state index is 13.4. The number of carbonyl (C=O) groups is 1. The third-order valence-corrected chi connectivity index (χ3v) is 5.06. The molecule has 0 unspecified atom stereocenters. The molecule has 1 aliphatic carbocycles. The van der Waals surface area contributed by atoms with E-state index in [1.807, 2.05) is 36.1 Å². The zero-order chi connectivity index (χ0) is 18.8. The summed E-state index contributed by atoms with van der Waals surface area (Å²) in [6.45, 7) is 3.40. The van der Waals surface area contributed by atoms with E-state index in [9.17, 15) is 4.79 Å². The van der Waals surface area contributed by atoms with E-state index in [-0.39, 0.29) is 5.91 Å². The van der Waals surface area contributed by atoms with Gasteiger partial charge in [0.2, 0.25) is 0 Å². The SMILES string of the molecule is Cc1noc2nc(C3CC3)cc(C(=O)N(CCN)CCc3ccccc3)c12. The second kappa shape index (κ2) is 7.48. The summed E-state index contributed by atoms with van der Waals surface area (Å²) in [7, 11) is 0. The zero-order valence-electron chi connectivity index (χ0n) is 15.5. The molecule has 0 radical (unpaired) electrons. The van der Waals surface area contributed by atoms with Gasteiger partial charge in [0.05, 0.1) is 16.6 Å². The van der Waals surface area contributed by atoms with Crippen LogP contribution in [-0.2, 0) is 6.42 Å². The van der Waals surface area contributed by atoms with Crippen LogP contribution in [0.3, 0.4) is 0 Å². The smallest absolute Gasteiger partial charge is 0.259 e. The predicted molar refractivity (Wildman–Crippen MR) is 104 cm³/mol. The van der Waals surface area contributed by atoms with E-state index in [4.69, 9.17) is 10.3 Å². The highest BCUT2D eigenvalue weighted by Gasteiger charge is 2.29. The molecule has 0 spiro atoms. The van der Waals surface area contributed by atoms with Crippen molar-refractivity contribution in [2.75, 3.05) is 19.6 Å². The van der Waals surface area contributed by atoms with Gasteiger partial charge in [-0.05, 0) is 37.8 Å². The van der Waals surface area contributed by atoms with E-state index in [0.29, 0.717) is 47.9 Å². The molecule has 27 heavy (non-hydrogen) atoms. The van der Waals surface area contributed by atoms with Crippen LogP contribution in [0.5, 0.6) is 0 Å². The van der Waals surface area contributed by atoms with Crippen LogP contribution in [0, 0.1) is 6.92 Å². The highest BCUT2D eigenvalue weighted by molar-refractivity contribution is 6.06. The summed E-state index contributed by atoms with van der Waals surface area (Å²) in [5, 5.41) is 4.74. The first-order valence-electron chi connectivity index (χ1n) is 9.47. The number of pyridine rings is 1. The molecule has 140 valence electrons. The lowest BCUT2D eigenvalue weighted by Gasteiger charge is -2.23. The highest BCUT2D eigenvalue weighted by Crippen LogP contribution is 2.40. The van der Waals surface area contributed by atoms with Gasteiger partial charge in [-0.15, -0.1) is 0 Å². The number of hydrogen-bond acceptors (Lipinski definition) is 5. The van der Waals surface area contributed by atoms with Gasteiger partial charge in [-0.25, -0.2) is 4.98 Å². The van der Waals surface area contributed by atoms with Crippen LogP contribution in [0.4, 0.5) is 0 Å². The van der Waals surface area contributed by atoms with Crippen molar-refractivity contribution in [3.63, 3.8) is 0 Å². The Morgan fingerprint density at radius 3 is 2.74 bits per heavy atom. The second-order valence-electron chi connectivity index (χ2n) is 7.13. The van der Waals surface area contributed by atoms with Crippen molar-refractivity contribution in [1.29, 1.82) is 0 Å². The van der Waals surface area contributed by atoms with Crippen molar-refractivity contribution in [2.24, 2.45) is 5.73 Å². The van der Waals surface area contributed by atoms with Gasteiger partial charge in [0.25, 0.3) is 11.6 Å². The molecule has 0 atom stereocenters.